The lowest BCUT2D eigenvalue weighted by Gasteiger charge is -2.11. The summed E-state index contributed by atoms with van der Waals surface area (Å²) in [6.45, 7) is 0. The summed E-state index contributed by atoms with van der Waals surface area (Å²) in [4.78, 5) is 3.60. The molecule has 0 radical (unpaired) electrons. The number of alkyl halides is 3. The molecule has 0 N–H and O–H groups in total. The number of aromatic nitrogens is 1. The largest absolute Gasteiger partial charge is 0.573 e. The quantitative estimate of drug-likeness (QED) is 0.544. The molecule has 1 rings (SSSR count). The van der Waals surface area contributed by atoms with Crippen molar-refractivity contribution in [3.8, 4) is 11.8 Å². The van der Waals surface area contributed by atoms with Gasteiger partial charge < -0.3 is 4.74 Å². The van der Waals surface area contributed by atoms with E-state index in [-0.39, 0.29) is 13.7 Å². The summed E-state index contributed by atoms with van der Waals surface area (Å²) in [6, 6.07) is 1.69. The van der Waals surface area contributed by atoms with Crippen LogP contribution in [0.5, 0.6) is 5.75 Å². The first-order valence-electron chi connectivity index (χ1n) is 3.35. The minimum absolute atomic E-state index is 0.0188. The molecule has 0 unspecified atom stereocenters. The maximum absolute atomic E-state index is 12.0. The second-order valence-electron chi connectivity index (χ2n) is 2.27. The summed E-state index contributed by atoms with van der Waals surface area (Å²) < 4.78 is 39.6. The predicted molar refractivity (Wildman–Crippen MR) is 56.1 cm³/mol. The fourth-order valence-electron chi connectivity index (χ4n) is 0.730. The maximum atomic E-state index is 12.0. The van der Waals surface area contributed by atoms with E-state index in [9.17, 15) is 13.2 Å². The zero-order chi connectivity index (χ0) is 11.6. The molecule has 0 saturated heterocycles. The minimum atomic E-state index is -4.81. The molecule has 0 spiro atoms. The first kappa shape index (κ1) is 12.5. The van der Waals surface area contributed by atoms with Gasteiger partial charge in [0.2, 0.25) is 0 Å². The average molecular weight is 393 g/mol. The lowest BCUT2D eigenvalue weighted by molar-refractivity contribution is -0.275. The van der Waals surface area contributed by atoms with Gasteiger partial charge in [0.25, 0.3) is 0 Å². The molecular weight excluding hydrogens is 392 g/mol. The first-order chi connectivity index (χ1) is 6.85. The van der Waals surface area contributed by atoms with Crippen LogP contribution < -0.4 is 4.74 Å². The van der Waals surface area contributed by atoms with Crippen LogP contribution in [0.2, 0.25) is 0 Å². The Bertz CT molecular complexity index is 429. The average Bonchev–Trinajstić information content (AvgIpc) is 2.11. The second kappa shape index (κ2) is 4.52. The van der Waals surface area contributed by atoms with Crippen LogP contribution in [0.1, 0.15) is 5.56 Å². The Hall–Kier alpha value is -0.560. The topological polar surface area (TPSA) is 45.9 Å². The summed E-state index contributed by atoms with van der Waals surface area (Å²) in [5, 5.41) is 8.57. The van der Waals surface area contributed by atoms with Crippen LogP contribution in [0.4, 0.5) is 13.2 Å². The van der Waals surface area contributed by atoms with Crippen molar-refractivity contribution in [2.24, 2.45) is 0 Å². The Morgan fingerprint density at radius 1 is 1.53 bits per heavy atom. The van der Waals surface area contributed by atoms with Crippen molar-refractivity contribution in [2.75, 3.05) is 0 Å². The van der Waals surface area contributed by atoms with Crippen molar-refractivity contribution in [2.45, 2.75) is 6.36 Å². The molecule has 0 aliphatic rings. The van der Waals surface area contributed by atoms with Crippen molar-refractivity contribution in [1.82, 2.24) is 4.98 Å². The molecule has 15 heavy (non-hydrogen) atoms. The molecule has 0 aliphatic carbocycles. The van der Waals surface area contributed by atoms with Crippen LogP contribution in [0.15, 0.2) is 10.7 Å². The number of hydrogen-bond donors (Lipinski definition) is 0. The Labute approximate surface area is 105 Å². The monoisotopic (exact) mass is 392 g/mol. The highest BCUT2D eigenvalue weighted by Crippen LogP contribution is 2.35. The summed E-state index contributed by atoms with van der Waals surface area (Å²) in [7, 11) is 0. The zero-order valence-corrected chi connectivity index (χ0v) is 10.5. The zero-order valence-electron chi connectivity index (χ0n) is 6.77. The summed E-state index contributed by atoms with van der Waals surface area (Å²) in [5.41, 5.74) is -0.0188. The third-order valence-corrected chi connectivity index (χ3v) is 2.82. The summed E-state index contributed by atoms with van der Waals surface area (Å²) in [6.07, 6.45) is -3.65. The minimum Gasteiger partial charge on any atom is -0.402 e. The molecule has 1 aromatic rings. The third kappa shape index (κ3) is 3.20. The van der Waals surface area contributed by atoms with Gasteiger partial charge >= 0.3 is 6.36 Å². The fraction of sp³-hybridized carbons (Fsp3) is 0.143. The second-order valence-corrected chi connectivity index (χ2v) is 4.08. The first-order valence-corrected chi connectivity index (χ1v) is 5.22. The van der Waals surface area contributed by atoms with E-state index in [1.54, 1.807) is 28.7 Å². The van der Waals surface area contributed by atoms with Gasteiger partial charge in [0.15, 0.2) is 5.75 Å². The number of nitrogens with zero attached hydrogens (tertiary/aromatic N) is 2. The lowest BCUT2D eigenvalue weighted by atomic mass is 10.3. The molecule has 0 saturated carbocycles. The van der Waals surface area contributed by atoms with Gasteiger partial charge in [0, 0.05) is 6.20 Å². The van der Waals surface area contributed by atoms with E-state index in [0.717, 1.165) is 6.20 Å². The molecule has 3 nitrogen and oxygen atoms in total. The van der Waals surface area contributed by atoms with Gasteiger partial charge in [-0.2, -0.15) is 5.26 Å². The highest BCUT2D eigenvalue weighted by molar-refractivity contribution is 14.1. The molecule has 1 heterocycles. The maximum Gasteiger partial charge on any atom is 0.573 e. The highest BCUT2D eigenvalue weighted by Gasteiger charge is 2.33. The molecule has 1 aromatic heterocycles. The standard InChI is InChI=1S/C7HBrF3IN2O/c8-4-3(1-13)2-14-6(12)5(4)15-7(9,10)11/h2H. The summed E-state index contributed by atoms with van der Waals surface area (Å²) >= 11 is 4.44. The third-order valence-electron chi connectivity index (χ3n) is 1.27. The number of halogens is 5. The van der Waals surface area contributed by atoms with E-state index in [1.807, 2.05) is 0 Å². The van der Waals surface area contributed by atoms with Gasteiger partial charge in [0.05, 0.1) is 10.0 Å². The summed E-state index contributed by atoms with van der Waals surface area (Å²) in [5.74, 6) is -0.498. The van der Waals surface area contributed by atoms with Crippen LogP contribution in [0.3, 0.4) is 0 Å². The fourth-order valence-corrected chi connectivity index (χ4v) is 2.08. The van der Waals surface area contributed by atoms with Crippen molar-refractivity contribution >= 4 is 38.5 Å². The molecule has 0 bridgehead atoms. The molecule has 0 aromatic carbocycles. The van der Waals surface area contributed by atoms with E-state index in [2.05, 4.69) is 25.7 Å². The molecule has 0 aliphatic heterocycles. The van der Waals surface area contributed by atoms with E-state index in [4.69, 9.17) is 5.26 Å². The molecule has 0 amide bonds. The number of pyridine rings is 1. The van der Waals surface area contributed by atoms with Crippen molar-refractivity contribution in [3.63, 3.8) is 0 Å². The molecular formula is C7HBrF3IN2O. The smallest absolute Gasteiger partial charge is 0.402 e. The van der Waals surface area contributed by atoms with Crippen LogP contribution >= 0.6 is 38.5 Å². The van der Waals surface area contributed by atoms with Gasteiger partial charge in [-0.1, -0.05) is 0 Å². The van der Waals surface area contributed by atoms with Crippen molar-refractivity contribution < 1.29 is 17.9 Å². The molecule has 80 valence electrons. The van der Waals surface area contributed by atoms with Gasteiger partial charge in [-0.15, -0.1) is 13.2 Å². The van der Waals surface area contributed by atoms with Gasteiger partial charge in [-0.25, -0.2) is 4.98 Å². The Kier molecular flexibility index (Phi) is 3.77. The molecule has 0 fully saturated rings. The van der Waals surface area contributed by atoms with Crippen LogP contribution in [-0.2, 0) is 0 Å². The SMILES string of the molecule is N#Cc1cnc(I)c(OC(F)(F)F)c1Br. The molecule has 8 heteroatoms. The van der Waals surface area contributed by atoms with E-state index >= 15 is 0 Å². The van der Waals surface area contributed by atoms with Crippen LogP contribution in [-0.4, -0.2) is 11.3 Å². The Balaban J connectivity index is 3.23. The van der Waals surface area contributed by atoms with Crippen LogP contribution in [0.25, 0.3) is 0 Å². The van der Waals surface area contributed by atoms with Gasteiger partial charge in [-0.3, -0.25) is 0 Å². The number of nitriles is 1. The van der Waals surface area contributed by atoms with Crippen molar-refractivity contribution in [1.29, 1.82) is 5.26 Å². The number of rotatable bonds is 1. The van der Waals surface area contributed by atoms with E-state index in [1.165, 1.54) is 0 Å². The number of hydrogen-bond acceptors (Lipinski definition) is 3. The van der Waals surface area contributed by atoms with Gasteiger partial charge in [0.1, 0.15) is 9.77 Å². The van der Waals surface area contributed by atoms with Crippen LogP contribution in [0, 0.1) is 15.0 Å². The van der Waals surface area contributed by atoms with Crippen molar-refractivity contribution in [3.05, 3.63) is 19.9 Å². The van der Waals surface area contributed by atoms with E-state index in [0.29, 0.717) is 0 Å². The van der Waals surface area contributed by atoms with Gasteiger partial charge in [-0.05, 0) is 38.5 Å². The predicted octanol–water partition coefficient (Wildman–Crippen LogP) is 3.22. The Morgan fingerprint density at radius 2 is 2.13 bits per heavy atom. The number of ether oxygens (including phenoxy) is 1. The Morgan fingerprint density at radius 3 is 2.60 bits per heavy atom. The normalized spacial score (nSPS) is 10.9. The van der Waals surface area contributed by atoms with E-state index < -0.39 is 12.1 Å². The highest BCUT2D eigenvalue weighted by atomic mass is 127. The lowest BCUT2D eigenvalue weighted by Crippen LogP contribution is -2.18. The molecule has 0 atom stereocenters.